The second kappa shape index (κ2) is 6.39. The van der Waals surface area contributed by atoms with Crippen LogP contribution in [0.25, 0.3) is 44.6 Å². The summed E-state index contributed by atoms with van der Waals surface area (Å²) in [5, 5.41) is 1.02. The van der Waals surface area contributed by atoms with Crippen LogP contribution in [0.1, 0.15) is 5.69 Å². The predicted molar refractivity (Wildman–Crippen MR) is 111 cm³/mol. The van der Waals surface area contributed by atoms with E-state index in [9.17, 15) is 4.79 Å². The Morgan fingerprint density at radius 3 is 2.46 bits per heavy atom. The Hall–Kier alpha value is -3.86. The van der Waals surface area contributed by atoms with Crippen molar-refractivity contribution < 1.29 is 0 Å². The number of fused-ring (bicyclic) bond motifs is 2. The van der Waals surface area contributed by atoms with E-state index in [1.54, 1.807) is 6.20 Å². The normalized spacial score (nSPS) is 11.2. The molecule has 0 fully saturated rings. The number of aryl methyl sites for hydroxylation is 1. The molecule has 28 heavy (non-hydrogen) atoms. The van der Waals surface area contributed by atoms with Crippen LogP contribution in [-0.4, -0.2) is 19.9 Å². The highest BCUT2D eigenvalue weighted by atomic mass is 16.1. The van der Waals surface area contributed by atoms with Gasteiger partial charge in [-0.2, -0.15) is 0 Å². The van der Waals surface area contributed by atoms with E-state index in [0.717, 1.165) is 33.4 Å². The molecule has 0 aliphatic carbocycles. The van der Waals surface area contributed by atoms with Gasteiger partial charge >= 0.3 is 0 Å². The summed E-state index contributed by atoms with van der Waals surface area (Å²) in [6.07, 6.45) is 1.60. The zero-order chi connectivity index (χ0) is 19.1. The fraction of sp³-hybridized carbons (Fsp3) is 0.0435. The van der Waals surface area contributed by atoms with E-state index in [1.807, 2.05) is 67.6 Å². The monoisotopic (exact) mass is 364 g/mol. The van der Waals surface area contributed by atoms with Crippen LogP contribution < -0.4 is 5.43 Å². The van der Waals surface area contributed by atoms with Crippen molar-refractivity contribution in [3.05, 3.63) is 88.8 Å². The molecule has 0 amide bonds. The lowest BCUT2D eigenvalue weighted by atomic mass is 10.0. The summed E-state index contributed by atoms with van der Waals surface area (Å²) < 4.78 is 0. The molecule has 5 aromatic rings. The summed E-state index contributed by atoms with van der Waals surface area (Å²) in [5.41, 5.74) is 5.81. The molecule has 5 rings (SSSR count). The third-order valence-electron chi connectivity index (χ3n) is 4.73. The molecular formula is C23H16N4O. The zero-order valence-electron chi connectivity index (χ0n) is 15.2. The maximum Gasteiger partial charge on any atom is 0.209 e. The van der Waals surface area contributed by atoms with Gasteiger partial charge in [0.05, 0.1) is 16.9 Å². The van der Waals surface area contributed by atoms with E-state index < -0.39 is 0 Å². The number of pyridine rings is 2. The fourth-order valence-electron chi connectivity index (χ4n) is 3.36. The van der Waals surface area contributed by atoms with Gasteiger partial charge in [0.1, 0.15) is 0 Å². The first kappa shape index (κ1) is 16.3. The standard InChI is InChI=1S/C23H16N4O/c1-14-7-8-16-13-17(9-10-18(16)25-14)21-20(15-5-3-2-4-6-15)27-23-22(26-21)19(28)11-12-24-23/h2-13H,1H3,(H,24,27,28). The van der Waals surface area contributed by atoms with Gasteiger partial charge in [0.25, 0.3) is 0 Å². The van der Waals surface area contributed by atoms with Crippen LogP contribution in [0.15, 0.2) is 77.7 Å². The van der Waals surface area contributed by atoms with Gasteiger partial charge in [-0.15, -0.1) is 0 Å². The summed E-state index contributed by atoms with van der Waals surface area (Å²) in [7, 11) is 0. The molecule has 0 bridgehead atoms. The zero-order valence-corrected chi connectivity index (χ0v) is 15.2. The first-order valence-corrected chi connectivity index (χ1v) is 9.02. The van der Waals surface area contributed by atoms with Crippen molar-refractivity contribution in [3.63, 3.8) is 0 Å². The third kappa shape index (κ3) is 2.74. The number of hydrogen-bond donors (Lipinski definition) is 1. The molecule has 5 nitrogen and oxygen atoms in total. The summed E-state index contributed by atoms with van der Waals surface area (Å²) in [5.74, 6) is 0. The predicted octanol–water partition coefficient (Wildman–Crippen LogP) is 4.51. The Morgan fingerprint density at radius 1 is 0.786 bits per heavy atom. The summed E-state index contributed by atoms with van der Waals surface area (Å²) in [6.45, 7) is 1.97. The number of aromatic nitrogens is 4. The van der Waals surface area contributed by atoms with E-state index in [-0.39, 0.29) is 5.43 Å². The van der Waals surface area contributed by atoms with Crippen LogP contribution in [0.5, 0.6) is 0 Å². The topological polar surface area (TPSA) is 71.5 Å². The van der Waals surface area contributed by atoms with Crippen LogP contribution in [0.4, 0.5) is 0 Å². The van der Waals surface area contributed by atoms with Gasteiger partial charge in [-0.1, -0.05) is 42.5 Å². The summed E-state index contributed by atoms with van der Waals surface area (Å²) in [6, 6.07) is 21.4. The van der Waals surface area contributed by atoms with E-state index in [4.69, 9.17) is 9.97 Å². The molecule has 0 radical (unpaired) electrons. The quantitative estimate of drug-likeness (QED) is 0.500. The molecule has 0 atom stereocenters. The highest BCUT2D eigenvalue weighted by molar-refractivity contribution is 5.89. The van der Waals surface area contributed by atoms with Crippen molar-refractivity contribution >= 4 is 22.1 Å². The molecular weight excluding hydrogens is 348 g/mol. The average Bonchev–Trinajstić information content (AvgIpc) is 2.73. The molecule has 1 N–H and O–H groups in total. The number of nitrogens with one attached hydrogen (secondary N) is 1. The Bertz CT molecular complexity index is 1390. The van der Waals surface area contributed by atoms with Gasteiger partial charge in [-0.05, 0) is 25.1 Å². The molecule has 0 aliphatic heterocycles. The molecule has 0 unspecified atom stereocenters. The number of nitrogens with zero attached hydrogens (tertiary/aromatic N) is 3. The maximum atomic E-state index is 12.3. The maximum absolute atomic E-state index is 12.3. The van der Waals surface area contributed by atoms with E-state index in [2.05, 4.69) is 9.97 Å². The SMILES string of the molecule is Cc1ccc2cc(-c3nc4c(=O)cc[nH]c4nc3-c3ccccc3)ccc2n1. The highest BCUT2D eigenvalue weighted by Crippen LogP contribution is 2.31. The average molecular weight is 364 g/mol. The van der Waals surface area contributed by atoms with E-state index in [0.29, 0.717) is 16.9 Å². The minimum absolute atomic E-state index is 0.153. The second-order valence-corrected chi connectivity index (χ2v) is 6.69. The van der Waals surface area contributed by atoms with E-state index >= 15 is 0 Å². The van der Waals surface area contributed by atoms with Crippen LogP contribution in [-0.2, 0) is 0 Å². The molecule has 0 saturated carbocycles. The molecule has 0 spiro atoms. The number of H-pyrrole nitrogens is 1. The van der Waals surface area contributed by atoms with Crippen molar-refractivity contribution in [1.29, 1.82) is 0 Å². The van der Waals surface area contributed by atoms with Crippen LogP contribution in [0.2, 0.25) is 0 Å². The van der Waals surface area contributed by atoms with Crippen molar-refractivity contribution in [1.82, 2.24) is 19.9 Å². The molecule has 3 aromatic heterocycles. The highest BCUT2D eigenvalue weighted by Gasteiger charge is 2.15. The van der Waals surface area contributed by atoms with Crippen molar-refractivity contribution in [2.24, 2.45) is 0 Å². The molecule has 0 aliphatic rings. The van der Waals surface area contributed by atoms with Crippen molar-refractivity contribution in [2.75, 3.05) is 0 Å². The van der Waals surface area contributed by atoms with Gasteiger partial charge in [-0.3, -0.25) is 9.78 Å². The molecule has 2 aromatic carbocycles. The van der Waals surface area contributed by atoms with Crippen LogP contribution >= 0.6 is 0 Å². The largest absolute Gasteiger partial charge is 0.345 e. The van der Waals surface area contributed by atoms with Crippen molar-refractivity contribution in [3.8, 4) is 22.5 Å². The molecule has 0 saturated heterocycles. The lowest BCUT2D eigenvalue weighted by Gasteiger charge is -2.11. The Morgan fingerprint density at radius 2 is 1.61 bits per heavy atom. The van der Waals surface area contributed by atoms with Crippen LogP contribution in [0, 0.1) is 6.92 Å². The molecule has 3 heterocycles. The number of aromatic amines is 1. The fourth-order valence-corrected chi connectivity index (χ4v) is 3.36. The Kier molecular flexibility index (Phi) is 3.72. The van der Waals surface area contributed by atoms with Crippen LogP contribution in [0.3, 0.4) is 0 Å². The van der Waals surface area contributed by atoms with Gasteiger partial charge in [0.15, 0.2) is 11.2 Å². The number of rotatable bonds is 2. The van der Waals surface area contributed by atoms with Gasteiger partial charge in [0, 0.05) is 34.5 Å². The van der Waals surface area contributed by atoms with Crippen molar-refractivity contribution in [2.45, 2.75) is 6.92 Å². The summed E-state index contributed by atoms with van der Waals surface area (Å²) in [4.78, 5) is 29.4. The van der Waals surface area contributed by atoms with Gasteiger partial charge in [0.2, 0.25) is 5.43 Å². The van der Waals surface area contributed by atoms with Gasteiger partial charge < -0.3 is 4.98 Å². The second-order valence-electron chi connectivity index (χ2n) is 6.69. The molecule has 134 valence electrons. The van der Waals surface area contributed by atoms with Gasteiger partial charge in [-0.25, -0.2) is 9.97 Å². The number of benzene rings is 2. The van der Waals surface area contributed by atoms with E-state index in [1.165, 1.54) is 6.07 Å². The minimum Gasteiger partial charge on any atom is -0.345 e. The first-order chi connectivity index (χ1) is 13.7. The summed E-state index contributed by atoms with van der Waals surface area (Å²) >= 11 is 0. The first-order valence-electron chi connectivity index (χ1n) is 9.02. The Balaban J connectivity index is 1.83. The Labute approximate surface area is 160 Å². The lowest BCUT2D eigenvalue weighted by molar-refractivity contribution is 1.21. The minimum atomic E-state index is -0.153. The smallest absolute Gasteiger partial charge is 0.209 e. The lowest BCUT2D eigenvalue weighted by Crippen LogP contribution is -2.06. The third-order valence-corrected chi connectivity index (χ3v) is 4.73. The number of hydrogen-bond acceptors (Lipinski definition) is 4. The molecule has 5 heteroatoms.